The molecule has 0 saturated carbocycles. The first-order valence-electron chi connectivity index (χ1n) is 6.80. The van der Waals surface area contributed by atoms with Crippen LogP contribution < -0.4 is 11.2 Å². The number of nitrogens with two attached hydrogens (primary N) is 1. The van der Waals surface area contributed by atoms with Gasteiger partial charge in [0.2, 0.25) is 0 Å². The van der Waals surface area contributed by atoms with Gasteiger partial charge in [-0.25, -0.2) is 14.0 Å². The minimum atomic E-state index is -1.10. The molecule has 1 atom stereocenters. The Morgan fingerprint density at radius 2 is 2.28 bits per heavy atom. The Labute approximate surface area is 153 Å². The molecule has 1 unspecified atom stereocenters. The number of nitrogens with zero attached hydrogens (tertiary/aromatic N) is 3. The third-order valence-electron chi connectivity index (χ3n) is 2.92. The van der Waals surface area contributed by atoms with Crippen LogP contribution in [0.4, 0.5) is 10.1 Å². The largest absolute Gasteiger partial charge is 0.480 e. The maximum atomic E-state index is 13.3. The zero-order valence-electron chi connectivity index (χ0n) is 12.5. The van der Waals surface area contributed by atoms with Crippen LogP contribution >= 0.6 is 27.7 Å². The molecular weight excluding hydrogens is 421 g/mol. The van der Waals surface area contributed by atoms with Crippen LogP contribution in [0, 0.1) is 5.82 Å². The van der Waals surface area contributed by atoms with Crippen molar-refractivity contribution in [2.45, 2.75) is 17.5 Å². The molecule has 0 fully saturated rings. The highest BCUT2D eigenvalue weighted by molar-refractivity contribution is 9.10. The molecule has 134 valence electrons. The lowest BCUT2D eigenvalue weighted by Crippen LogP contribution is -2.30. The lowest BCUT2D eigenvalue weighted by atomic mass is 10.2. The first-order valence-corrected chi connectivity index (χ1v) is 8.58. The molecular formula is C13H13BrFN5O4S. The van der Waals surface area contributed by atoms with Crippen LogP contribution in [0.3, 0.4) is 0 Å². The Morgan fingerprint density at radius 3 is 2.92 bits per heavy atom. The molecule has 2 rings (SSSR count). The average molecular weight is 434 g/mol. The van der Waals surface area contributed by atoms with E-state index in [1.54, 1.807) is 0 Å². The fourth-order valence-corrected chi connectivity index (χ4v) is 2.93. The zero-order chi connectivity index (χ0) is 18.4. The van der Waals surface area contributed by atoms with E-state index in [4.69, 9.17) is 10.8 Å². The lowest BCUT2D eigenvalue weighted by molar-refractivity contribution is -0.138. The van der Waals surface area contributed by atoms with Crippen LogP contribution in [0.2, 0.25) is 0 Å². The van der Waals surface area contributed by atoms with Crippen molar-refractivity contribution in [3.63, 3.8) is 0 Å². The third-order valence-corrected chi connectivity index (χ3v) is 4.51. The number of rotatable bonds is 7. The van der Waals surface area contributed by atoms with Gasteiger partial charge in [-0.05, 0) is 50.9 Å². The summed E-state index contributed by atoms with van der Waals surface area (Å²) in [6, 6.07) is 3.04. The standard InChI is InChI=1S/C13H13BrFN5O4S/c14-7-5-6(1-2-8(7)15)17-11(18-23)10-12(20-24-19-10)25-4-3-9(16)13(21)22/h1-2,5,9,23H,3-4,16H2,(H,17,18)(H,21,22). The number of hydrogen-bond donors (Lipinski definition) is 4. The van der Waals surface area contributed by atoms with E-state index < -0.39 is 17.8 Å². The number of benzene rings is 1. The van der Waals surface area contributed by atoms with Gasteiger partial charge in [-0.3, -0.25) is 15.5 Å². The number of aromatic nitrogens is 2. The average Bonchev–Trinajstić information content (AvgIpc) is 3.04. The zero-order valence-corrected chi connectivity index (χ0v) is 14.9. The van der Waals surface area contributed by atoms with E-state index in [2.05, 4.69) is 35.9 Å². The van der Waals surface area contributed by atoms with Crippen LogP contribution in [0.5, 0.6) is 0 Å². The van der Waals surface area contributed by atoms with Gasteiger partial charge in [0, 0.05) is 5.75 Å². The Morgan fingerprint density at radius 1 is 1.52 bits per heavy atom. The SMILES string of the molecule is NC(CCSc1nonc1C(=Nc1ccc(F)c(Br)c1)NO)C(=O)O. The van der Waals surface area contributed by atoms with Gasteiger partial charge >= 0.3 is 5.97 Å². The van der Waals surface area contributed by atoms with Gasteiger partial charge in [0.25, 0.3) is 0 Å². The van der Waals surface area contributed by atoms with Gasteiger partial charge in [0.05, 0.1) is 10.2 Å². The summed E-state index contributed by atoms with van der Waals surface area (Å²) < 4.78 is 18.1. The second-order valence-corrected chi connectivity index (χ2v) is 6.61. The van der Waals surface area contributed by atoms with Crippen LogP contribution in [0.15, 0.2) is 37.3 Å². The van der Waals surface area contributed by atoms with Crippen molar-refractivity contribution in [2.75, 3.05) is 5.75 Å². The Balaban J connectivity index is 2.16. The maximum Gasteiger partial charge on any atom is 0.320 e. The van der Waals surface area contributed by atoms with Gasteiger partial charge in [-0.15, -0.1) is 11.8 Å². The van der Waals surface area contributed by atoms with Gasteiger partial charge < -0.3 is 10.8 Å². The van der Waals surface area contributed by atoms with Gasteiger partial charge in [0.15, 0.2) is 16.6 Å². The van der Waals surface area contributed by atoms with Crippen molar-refractivity contribution in [3.8, 4) is 0 Å². The lowest BCUT2D eigenvalue weighted by Gasteiger charge is -2.05. The molecule has 1 aromatic carbocycles. The van der Waals surface area contributed by atoms with Crippen molar-refractivity contribution in [1.82, 2.24) is 15.8 Å². The highest BCUT2D eigenvalue weighted by Gasteiger charge is 2.18. The molecule has 5 N–H and O–H groups in total. The number of hydrogen-bond acceptors (Lipinski definition) is 8. The quantitative estimate of drug-likeness (QED) is 0.222. The summed E-state index contributed by atoms with van der Waals surface area (Å²) in [6.07, 6.45) is 0.205. The molecule has 0 bridgehead atoms. The number of carboxylic acid groups (broad SMARTS) is 1. The molecule has 1 aromatic heterocycles. The van der Waals surface area contributed by atoms with Crippen LogP contribution in [-0.4, -0.2) is 44.2 Å². The Hall–Kier alpha value is -2.02. The predicted octanol–water partition coefficient (Wildman–Crippen LogP) is 1.92. The van der Waals surface area contributed by atoms with E-state index in [9.17, 15) is 14.4 Å². The normalized spacial score (nSPS) is 12.9. The second kappa shape index (κ2) is 8.89. The number of aliphatic imine (C=N–C) groups is 1. The Bertz CT molecular complexity index is 788. The number of hydroxylamine groups is 1. The number of halogens is 2. The Kier molecular flexibility index (Phi) is 6.87. The van der Waals surface area contributed by atoms with Crippen molar-refractivity contribution in [1.29, 1.82) is 0 Å². The van der Waals surface area contributed by atoms with Gasteiger partial charge in [0.1, 0.15) is 11.9 Å². The molecule has 1 heterocycles. The monoisotopic (exact) mass is 433 g/mol. The molecule has 0 aliphatic rings. The molecule has 0 saturated heterocycles. The summed E-state index contributed by atoms with van der Waals surface area (Å²) in [5, 5.41) is 25.7. The third kappa shape index (κ3) is 5.22. The van der Waals surface area contributed by atoms with E-state index in [-0.39, 0.29) is 22.4 Å². The maximum absolute atomic E-state index is 13.3. The summed E-state index contributed by atoms with van der Waals surface area (Å²) in [5.41, 5.74) is 7.78. The number of amidine groups is 1. The molecule has 9 nitrogen and oxygen atoms in total. The van der Waals surface area contributed by atoms with Crippen LogP contribution in [0.1, 0.15) is 12.1 Å². The van der Waals surface area contributed by atoms with E-state index in [1.807, 2.05) is 5.48 Å². The molecule has 0 amide bonds. The summed E-state index contributed by atoms with van der Waals surface area (Å²) in [4.78, 5) is 14.8. The number of carbonyl (C=O) groups is 1. The van der Waals surface area contributed by atoms with Crippen molar-refractivity contribution in [2.24, 2.45) is 10.7 Å². The van der Waals surface area contributed by atoms with Crippen molar-refractivity contribution < 1.29 is 24.1 Å². The van der Waals surface area contributed by atoms with E-state index in [0.717, 1.165) is 11.8 Å². The number of carboxylic acids is 1. The number of nitrogens with one attached hydrogen (secondary N) is 1. The molecule has 0 radical (unpaired) electrons. The molecule has 0 aliphatic heterocycles. The van der Waals surface area contributed by atoms with Gasteiger partial charge in [-0.2, -0.15) is 0 Å². The number of aliphatic carboxylic acids is 1. The molecule has 12 heteroatoms. The molecule has 2 aromatic rings. The van der Waals surface area contributed by atoms with E-state index >= 15 is 0 Å². The van der Waals surface area contributed by atoms with E-state index in [1.165, 1.54) is 18.2 Å². The van der Waals surface area contributed by atoms with Crippen molar-refractivity contribution >= 4 is 45.2 Å². The minimum absolute atomic E-state index is 0.0650. The second-order valence-electron chi connectivity index (χ2n) is 4.67. The summed E-state index contributed by atoms with van der Waals surface area (Å²) >= 11 is 4.19. The summed E-state index contributed by atoms with van der Waals surface area (Å²) in [5.74, 6) is -1.27. The summed E-state index contributed by atoms with van der Waals surface area (Å²) in [6.45, 7) is 0. The van der Waals surface area contributed by atoms with Crippen molar-refractivity contribution in [3.05, 3.63) is 34.2 Å². The first-order chi connectivity index (χ1) is 11.9. The van der Waals surface area contributed by atoms with E-state index in [0.29, 0.717) is 16.5 Å². The molecule has 0 aliphatic carbocycles. The highest BCUT2D eigenvalue weighted by atomic mass is 79.9. The van der Waals surface area contributed by atoms with Crippen LogP contribution in [0.25, 0.3) is 0 Å². The smallest absolute Gasteiger partial charge is 0.320 e. The van der Waals surface area contributed by atoms with Gasteiger partial charge in [-0.1, -0.05) is 0 Å². The summed E-state index contributed by atoms with van der Waals surface area (Å²) in [7, 11) is 0. The first kappa shape index (κ1) is 19.3. The molecule has 0 spiro atoms. The fourth-order valence-electron chi connectivity index (χ4n) is 1.64. The topological polar surface area (TPSA) is 147 Å². The predicted molar refractivity (Wildman–Crippen MR) is 90.5 cm³/mol. The minimum Gasteiger partial charge on any atom is -0.480 e. The molecule has 25 heavy (non-hydrogen) atoms. The fraction of sp³-hybridized carbons (Fsp3) is 0.231. The van der Waals surface area contributed by atoms with Crippen LogP contribution in [-0.2, 0) is 4.79 Å². The highest BCUT2D eigenvalue weighted by Crippen LogP contribution is 2.25. The number of thioether (sulfide) groups is 1.